The van der Waals surface area contributed by atoms with Crippen LogP contribution in [0.5, 0.6) is 5.75 Å². The summed E-state index contributed by atoms with van der Waals surface area (Å²) in [5.41, 5.74) is 6.34. The van der Waals surface area contributed by atoms with Crippen molar-refractivity contribution in [2.45, 2.75) is 57.7 Å². The third-order valence-corrected chi connectivity index (χ3v) is 12.0. The molecule has 3 N–H and O–H groups in total. The second-order valence-electron chi connectivity index (χ2n) is 16.6. The summed E-state index contributed by atoms with van der Waals surface area (Å²) in [6, 6.07) is 30.5. The van der Waals surface area contributed by atoms with Gasteiger partial charge in [-0.2, -0.15) is 5.26 Å². The van der Waals surface area contributed by atoms with Crippen LogP contribution in [-0.4, -0.2) is 127 Å². The summed E-state index contributed by atoms with van der Waals surface area (Å²) in [5, 5.41) is 18.8. The molecule has 2 heterocycles. The first-order valence-electron chi connectivity index (χ1n) is 23.5. The van der Waals surface area contributed by atoms with E-state index in [9.17, 15) is 19.2 Å². The third-order valence-electron chi connectivity index (χ3n) is 11.7. The van der Waals surface area contributed by atoms with E-state index in [1.807, 2.05) is 71.6 Å². The second kappa shape index (κ2) is 27.8. The van der Waals surface area contributed by atoms with E-state index < -0.39 is 0 Å². The molecule has 6 rings (SSSR count). The molecule has 0 aromatic heterocycles. The Bertz CT molecular complexity index is 2310. The highest BCUT2D eigenvalue weighted by atomic mass is 35.5. The number of fused-ring (bicyclic) bond motifs is 1. The lowest BCUT2D eigenvalue weighted by molar-refractivity contribution is -0.131. The zero-order valence-corrected chi connectivity index (χ0v) is 40.2. The lowest BCUT2D eigenvalue weighted by Crippen LogP contribution is -2.43. The molecule has 2 aliphatic heterocycles. The van der Waals surface area contributed by atoms with Crippen molar-refractivity contribution >= 4 is 46.6 Å². The molecule has 69 heavy (non-hydrogen) atoms. The van der Waals surface area contributed by atoms with Gasteiger partial charge in [-0.05, 0) is 109 Å². The Morgan fingerprint density at radius 3 is 1.94 bits per heavy atom. The average molecular weight is 968 g/mol. The minimum absolute atomic E-state index is 0.00324. The van der Waals surface area contributed by atoms with Crippen molar-refractivity contribution in [3.8, 4) is 22.9 Å². The molecule has 4 amide bonds. The van der Waals surface area contributed by atoms with Crippen LogP contribution in [0.15, 0.2) is 91.0 Å². The number of nitrogens with zero attached hydrogens (tertiary/aromatic N) is 3. The number of nitrogens with one attached hydrogen (secondary N) is 3. The molecule has 17 heteroatoms. The summed E-state index contributed by atoms with van der Waals surface area (Å²) in [7, 11) is 0. The Hall–Kier alpha value is -6.06. The van der Waals surface area contributed by atoms with E-state index in [0.29, 0.717) is 102 Å². The molecular weight excluding hydrogens is 904 g/mol. The Labute approximate surface area is 409 Å². The van der Waals surface area contributed by atoms with E-state index in [1.165, 1.54) is 0 Å². The summed E-state index contributed by atoms with van der Waals surface area (Å²) >= 11 is 6.12. The molecule has 4 aromatic rings. The van der Waals surface area contributed by atoms with Crippen molar-refractivity contribution in [1.82, 2.24) is 15.5 Å². The van der Waals surface area contributed by atoms with Crippen LogP contribution in [0.2, 0.25) is 5.02 Å². The number of carbonyl (C=O) groups excluding carboxylic acids is 4. The molecule has 1 unspecified atom stereocenters. The molecule has 1 saturated heterocycles. The first kappa shape index (κ1) is 52.3. The highest BCUT2D eigenvalue weighted by molar-refractivity contribution is 6.30. The van der Waals surface area contributed by atoms with Crippen LogP contribution in [0.1, 0.15) is 73.1 Å². The number of carbonyl (C=O) groups is 4. The monoisotopic (exact) mass is 966 g/mol. The summed E-state index contributed by atoms with van der Waals surface area (Å²) in [5.74, 6) is -0.0501. The van der Waals surface area contributed by atoms with Gasteiger partial charge in [0.05, 0.1) is 84.2 Å². The molecule has 0 aliphatic carbocycles. The molecular formula is C52H63ClN6O10. The second-order valence-corrected chi connectivity index (χ2v) is 17.1. The lowest BCUT2D eigenvalue weighted by Gasteiger charge is -2.39. The summed E-state index contributed by atoms with van der Waals surface area (Å²) in [4.78, 5) is 53.6. The van der Waals surface area contributed by atoms with Crippen molar-refractivity contribution in [3.63, 3.8) is 0 Å². The van der Waals surface area contributed by atoms with Crippen LogP contribution in [0.4, 0.5) is 11.4 Å². The van der Waals surface area contributed by atoms with Gasteiger partial charge < -0.3 is 54.2 Å². The van der Waals surface area contributed by atoms with Gasteiger partial charge in [0.1, 0.15) is 12.2 Å². The topological polar surface area (TPSA) is 190 Å². The van der Waals surface area contributed by atoms with Gasteiger partial charge >= 0.3 is 0 Å². The van der Waals surface area contributed by atoms with E-state index in [1.54, 1.807) is 36.1 Å². The van der Waals surface area contributed by atoms with Crippen molar-refractivity contribution in [2.24, 2.45) is 0 Å². The first-order chi connectivity index (χ1) is 33.6. The molecule has 0 spiro atoms. The van der Waals surface area contributed by atoms with E-state index in [-0.39, 0.29) is 54.8 Å². The predicted molar refractivity (Wildman–Crippen MR) is 262 cm³/mol. The summed E-state index contributed by atoms with van der Waals surface area (Å²) < 4.78 is 33.3. The van der Waals surface area contributed by atoms with Crippen molar-refractivity contribution < 1.29 is 47.6 Å². The minimum Gasteiger partial charge on any atom is -0.484 e. The lowest BCUT2D eigenvalue weighted by atomic mass is 9.88. The molecule has 0 bridgehead atoms. The average Bonchev–Trinajstić information content (AvgIpc) is 3.85. The fraction of sp³-hybridized carbons (Fsp3) is 0.442. The van der Waals surface area contributed by atoms with Crippen LogP contribution in [0.25, 0.3) is 11.1 Å². The van der Waals surface area contributed by atoms with Gasteiger partial charge in [0.25, 0.3) is 11.8 Å². The Balaban J connectivity index is 0.738. The number of ether oxygens (including phenoxy) is 6. The number of benzene rings is 4. The molecule has 2 aliphatic rings. The van der Waals surface area contributed by atoms with Crippen LogP contribution < -0.4 is 25.6 Å². The zero-order chi connectivity index (χ0) is 48.8. The predicted octanol–water partition coefficient (Wildman–Crippen LogP) is 6.89. The number of rotatable bonds is 27. The third kappa shape index (κ3) is 16.3. The van der Waals surface area contributed by atoms with Gasteiger partial charge in [-0.3, -0.25) is 19.2 Å². The molecule has 1 fully saturated rings. The molecule has 368 valence electrons. The van der Waals surface area contributed by atoms with Gasteiger partial charge in [0, 0.05) is 54.6 Å². The zero-order valence-electron chi connectivity index (χ0n) is 39.4. The Kier molecular flexibility index (Phi) is 21.1. The van der Waals surface area contributed by atoms with E-state index in [2.05, 4.69) is 28.9 Å². The standard InChI is InChI=1S/C52H63ClN6O10/c1-37-34-47(57-44-14-12-43(53)13-15-44)46-35-42(11-18-49(46)59(37)38(2)60)39-5-7-41(8-6-39)52(63)56-22-25-65-27-29-67-31-33-68-32-30-66-28-26-64-24-21-55-50(61)36-69-45-16-9-40(10-17-45)48-4-3-23-58(48)51(62)19-20-54/h5-18,35,37,47-48,57H,3-4,19,21-34,36H2,1-2H3,(H,55,61)(H,56,63)/t37-,47+,48?/m0/s1. The fourth-order valence-corrected chi connectivity index (χ4v) is 8.50. The smallest absolute Gasteiger partial charge is 0.258 e. The Morgan fingerprint density at radius 2 is 1.33 bits per heavy atom. The van der Waals surface area contributed by atoms with Crippen molar-refractivity contribution in [2.75, 3.05) is 103 Å². The number of hydrogen-bond acceptors (Lipinski definition) is 12. The van der Waals surface area contributed by atoms with Gasteiger partial charge in [-0.1, -0.05) is 41.9 Å². The maximum atomic E-state index is 12.9. The number of amides is 4. The first-order valence-corrected chi connectivity index (χ1v) is 23.9. The van der Waals surface area contributed by atoms with Crippen LogP contribution in [0, 0.1) is 11.3 Å². The number of hydrogen-bond donors (Lipinski definition) is 3. The maximum Gasteiger partial charge on any atom is 0.258 e. The van der Waals surface area contributed by atoms with E-state index in [0.717, 1.165) is 52.9 Å². The number of anilines is 2. The van der Waals surface area contributed by atoms with Gasteiger partial charge in [-0.15, -0.1) is 0 Å². The van der Waals surface area contributed by atoms with Crippen LogP contribution >= 0.6 is 11.6 Å². The largest absolute Gasteiger partial charge is 0.484 e. The van der Waals surface area contributed by atoms with E-state index in [4.69, 9.17) is 45.3 Å². The Morgan fingerprint density at radius 1 is 0.739 bits per heavy atom. The van der Waals surface area contributed by atoms with Crippen LogP contribution in [-0.2, 0) is 38.1 Å². The number of nitriles is 1. The SMILES string of the molecule is CC(=O)N1c2ccc(-c3ccc(C(=O)NCCOCCOCCOCCOCCOCCNC(=O)COc4ccc(C5CCCN5C(=O)CC#N)cc4)cc3)cc2[C@H](Nc2ccc(Cl)cc2)C[C@@H]1C. The molecule has 0 radical (unpaired) electrons. The van der Waals surface area contributed by atoms with Gasteiger partial charge in [0.15, 0.2) is 6.61 Å². The highest BCUT2D eigenvalue weighted by Crippen LogP contribution is 2.41. The molecule has 16 nitrogen and oxygen atoms in total. The quantitative estimate of drug-likeness (QED) is 0.0526. The maximum absolute atomic E-state index is 12.9. The molecule has 3 atom stereocenters. The number of likely N-dealkylation sites (tertiary alicyclic amines) is 1. The number of halogens is 1. The van der Waals surface area contributed by atoms with E-state index >= 15 is 0 Å². The fourth-order valence-electron chi connectivity index (χ4n) is 8.37. The van der Waals surface area contributed by atoms with Gasteiger partial charge in [-0.25, -0.2) is 0 Å². The van der Waals surface area contributed by atoms with Crippen molar-refractivity contribution in [1.29, 1.82) is 5.26 Å². The summed E-state index contributed by atoms with van der Waals surface area (Å²) in [6.45, 7) is 8.79. The molecule has 4 aromatic carbocycles. The van der Waals surface area contributed by atoms with Crippen LogP contribution in [0.3, 0.4) is 0 Å². The normalized spacial score (nSPS) is 16.3. The minimum atomic E-state index is -0.264. The van der Waals surface area contributed by atoms with Gasteiger partial charge in [0.2, 0.25) is 11.8 Å². The highest BCUT2D eigenvalue weighted by Gasteiger charge is 2.33. The molecule has 0 saturated carbocycles. The summed E-state index contributed by atoms with van der Waals surface area (Å²) in [6.07, 6.45) is 2.37. The van der Waals surface area contributed by atoms with Crippen molar-refractivity contribution in [3.05, 3.63) is 113 Å².